The number of benzene rings is 2. The van der Waals surface area contributed by atoms with E-state index < -0.39 is 10.5 Å². The van der Waals surface area contributed by atoms with Crippen LogP contribution in [0.15, 0.2) is 53.6 Å². The third kappa shape index (κ3) is 4.57. The van der Waals surface area contributed by atoms with Gasteiger partial charge in [-0.3, -0.25) is 9.78 Å². The van der Waals surface area contributed by atoms with Crippen LogP contribution in [0.25, 0.3) is 44.0 Å². The van der Waals surface area contributed by atoms with Gasteiger partial charge in [-0.1, -0.05) is 23.8 Å². The van der Waals surface area contributed by atoms with Crippen molar-refractivity contribution < 1.29 is 21.2 Å². The number of fused-ring (bicyclic) bond motifs is 4. The van der Waals surface area contributed by atoms with E-state index in [1.165, 1.54) is 12.3 Å². The maximum absolute atomic E-state index is 14.0. The van der Waals surface area contributed by atoms with Gasteiger partial charge in [0.15, 0.2) is 11.2 Å². The van der Waals surface area contributed by atoms with Gasteiger partial charge < -0.3 is 18.5 Å². The number of nitrogens with zero attached hydrogens (tertiary/aromatic N) is 3. The van der Waals surface area contributed by atoms with Gasteiger partial charge in [-0.2, -0.15) is 13.7 Å². The summed E-state index contributed by atoms with van der Waals surface area (Å²) >= 11 is 0. The van der Waals surface area contributed by atoms with E-state index >= 15 is 0 Å². The molecule has 0 unspecified atom stereocenters. The Labute approximate surface area is 222 Å². The van der Waals surface area contributed by atoms with E-state index in [1.54, 1.807) is 24.3 Å². The Balaban J connectivity index is 1.67. The molecular formula is C28H23FN4O5S. The fraction of sp³-hybridized carbons (Fsp3) is 0.250. The molecule has 1 N–H and O–H groups in total. The number of hydrogen-bond acceptors (Lipinski definition) is 7. The normalized spacial score (nSPS) is 13.8. The average Bonchev–Trinajstić information content (AvgIpc) is 3.65. The Kier molecular flexibility index (Phi) is 5.80. The van der Waals surface area contributed by atoms with E-state index in [0.29, 0.717) is 56.5 Å². The lowest BCUT2D eigenvalue weighted by Gasteiger charge is -2.18. The highest BCUT2D eigenvalue weighted by Gasteiger charge is 2.29. The fourth-order valence-electron chi connectivity index (χ4n) is 4.91. The van der Waals surface area contributed by atoms with E-state index in [4.69, 9.17) is 4.74 Å². The summed E-state index contributed by atoms with van der Waals surface area (Å²) < 4.78 is 48.0. The summed E-state index contributed by atoms with van der Waals surface area (Å²) in [5, 5.41) is 11.1. The number of pyridine rings is 2. The molecule has 11 heteroatoms. The van der Waals surface area contributed by atoms with Crippen molar-refractivity contribution in [1.29, 1.82) is 5.26 Å². The van der Waals surface area contributed by atoms with Crippen LogP contribution in [0.1, 0.15) is 38.3 Å². The molecule has 1 saturated carbocycles. The van der Waals surface area contributed by atoms with Crippen molar-refractivity contribution in [1.82, 2.24) is 14.5 Å². The van der Waals surface area contributed by atoms with Crippen molar-refractivity contribution in [3.05, 3.63) is 64.6 Å². The molecule has 5 aromatic rings. The average molecular weight is 547 g/mol. The number of nitriles is 1. The van der Waals surface area contributed by atoms with Crippen LogP contribution < -0.4 is 14.3 Å². The largest absolute Gasteiger partial charge is 0.493 e. The molecule has 0 radical (unpaired) electrons. The summed E-state index contributed by atoms with van der Waals surface area (Å²) in [5.74, 6) is 0.305. The van der Waals surface area contributed by atoms with Crippen LogP contribution in [-0.4, -0.2) is 29.6 Å². The molecule has 0 saturated heterocycles. The van der Waals surface area contributed by atoms with E-state index in [-0.39, 0.29) is 23.1 Å². The summed E-state index contributed by atoms with van der Waals surface area (Å²) in [6.07, 6.45) is 4.46. The number of aromatic nitrogens is 3. The number of nitrogens with one attached hydrogen (secondary N) is 1. The molecule has 1 aliphatic rings. The molecule has 3 aromatic heterocycles. The molecule has 6 rings (SSSR count). The van der Waals surface area contributed by atoms with Crippen LogP contribution in [0.4, 0.5) is 3.89 Å². The van der Waals surface area contributed by atoms with Crippen molar-refractivity contribution >= 4 is 43.3 Å². The smallest absolute Gasteiger partial charge is 0.488 e. The van der Waals surface area contributed by atoms with Gasteiger partial charge in [0.2, 0.25) is 0 Å². The Morgan fingerprint density at radius 3 is 2.67 bits per heavy atom. The molecule has 0 spiro atoms. The second-order valence-corrected chi connectivity index (χ2v) is 11.1. The zero-order chi connectivity index (χ0) is 27.5. The van der Waals surface area contributed by atoms with Gasteiger partial charge in [0.1, 0.15) is 11.4 Å². The first-order valence-corrected chi connectivity index (χ1v) is 13.7. The Hall–Kier alpha value is -4.43. The van der Waals surface area contributed by atoms with Gasteiger partial charge in [0.05, 0.1) is 40.7 Å². The molecule has 2 aromatic carbocycles. The lowest BCUT2D eigenvalue weighted by Crippen LogP contribution is -2.12. The molecule has 0 amide bonds. The van der Waals surface area contributed by atoms with Gasteiger partial charge in [-0.15, -0.1) is 0 Å². The zero-order valence-electron chi connectivity index (χ0n) is 21.1. The van der Waals surface area contributed by atoms with E-state index in [9.17, 15) is 22.4 Å². The van der Waals surface area contributed by atoms with Gasteiger partial charge in [-0.25, -0.2) is 0 Å². The summed E-state index contributed by atoms with van der Waals surface area (Å²) in [5.41, 5.74) is 3.33. The Bertz CT molecular complexity index is 2000. The van der Waals surface area contributed by atoms with Gasteiger partial charge in [-0.05, 0) is 49.1 Å². The monoisotopic (exact) mass is 546 g/mol. The standard InChI is InChI=1S/C28H23FN4O5S/c1-15(2)14-37-25-10-22-24(9-21(25)17-8-19(13-31-12-17)38-39(29,35)36)33(18-4-5-18)28-26(27(22)34)20-6-3-16(11-30)7-23(20)32-28/h3,6-10,12-13,15,18,32H,4-5,14H2,1-2H3. The van der Waals surface area contributed by atoms with Crippen LogP contribution in [0.2, 0.25) is 0 Å². The maximum atomic E-state index is 14.0. The number of aromatic amines is 1. The van der Waals surface area contributed by atoms with Crippen molar-refractivity contribution in [2.24, 2.45) is 5.92 Å². The third-order valence-corrected chi connectivity index (χ3v) is 7.07. The predicted octanol–water partition coefficient (Wildman–Crippen LogP) is 5.53. The number of rotatable bonds is 7. The maximum Gasteiger partial charge on any atom is 0.488 e. The van der Waals surface area contributed by atoms with Crippen LogP contribution in [0, 0.1) is 17.2 Å². The molecule has 3 heterocycles. The molecule has 0 aliphatic heterocycles. The first-order chi connectivity index (χ1) is 18.6. The molecule has 0 bridgehead atoms. The van der Waals surface area contributed by atoms with Crippen LogP contribution in [0.3, 0.4) is 0 Å². The lowest BCUT2D eigenvalue weighted by atomic mass is 10.0. The van der Waals surface area contributed by atoms with Gasteiger partial charge in [0.25, 0.3) is 0 Å². The topological polar surface area (TPSA) is 127 Å². The van der Waals surface area contributed by atoms with Crippen molar-refractivity contribution in [3.63, 3.8) is 0 Å². The first kappa shape index (κ1) is 24.9. The minimum absolute atomic E-state index is 0.166. The summed E-state index contributed by atoms with van der Waals surface area (Å²) in [4.78, 5) is 21.4. The molecular weight excluding hydrogens is 523 g/mol. The van der Waals surface area contributed by atoms with Crippen LogP contribution >= 0.6 is 0 Å². The lowest BCUT2D eigenvalue weighted by molar-refractivity contribution is 0.272. The van der Waals surface area contributed by atoms with Crippen LogP contribution in [-0.2, 0) is 10.5 Å². The Morgan fingerprint density at radius 2 is 1.97 bits per heavy atom. The predicted molar refractivity (Wildman–Crippen MR) is 145 cm³/mol. The molecule has 1 aliphatic carbocycles. The number of hydrogen-bond donors (Lipinski definition) is 1. The van der Waals surface area contributed by atoms with E-state index in [1.807, 2.05) is 19.9 Å². The summed E-state index contributed by atoms with van der Waals surface area (Å²) in [6, 6.07) is 12.4. The zero-order valence-corrected chi connectivity index (χ0v) is 21.9. The van der Waals surface area contributed by atoms with Gasteiger partial charge in [0, 0.05) is 34.3 Å². The Morgan fingerprint density at radius 1 is 1.18 bits per heavy atom. The van der Waals surface area contributed by atoms with Gasteiger partial charge >= 0.3 is 10.5 Å². The summed E-state index contributed by atoms with van der Waals surface area (Å²) in [6.45, 7) is 4.35. The minimum atomic E-state index is -5.24. The third-order valence-electron chi connectivity index (χ3n) is 6.68. The van der Waals surface area contributed by atoms with Crippen molar-refractivity contribution in [2.75, 3.05) is 6.61 Å². The van der Waals surface area contributed by atoms with Crippen molar-refractivity contribution in [3.8, 4) is 28.7 Å². The molecule has 1 fully saturated rings. The highest BCUT2D eigenvalue weighted by molar-refractivity contribution is 7.81. The molecule has 0 atom stereocenters. The number of halogens is 1. The van der Waals surface area contributed by atoms with Crippen molar-refractivity contribution in [2.45, 2.75) is 32.7 Å². The molecule has 9 nitrogen and oxygen atoms in total. The van der Waals surface area contributed by atoms with E-state index in [2.05, 4.69) is 24.8 Å². The molecule has 198 valence electrons. The number of H-pyrrole nitrogens is 1. The highest BCUT2D eigenvalue weighted by Crippen LogP contribution is 2.43. The minimum Gasteiger partial charge on any atom is -0.493 e. The fourth-order valence-corrected chi connectivity index (χ4v) is 5.23. The van der Waals surface area contributed by atoms with E-state index in [0.717, 1.165) is 24.4 Å². The summed E-state index contributed by atoms with van der Waals surface area (Å²) in [7, 11) is -5.24. The van der Waals surface area contributed by atoms with Crippen LogP contribution in [0.5, 0.6) is 11.5 Å². The first-order valence-electron chi connectivity index (χ1n) is 12.4. The molecule has 39 heavy (non-hydrogen) atoms. The highest BCUT2D eigenvalue weighted by atomic mass is 32.3. The quantitative estimate of drug-likeness (QED) is 0.266. The number of ether oxygens (including phenoxy) is 1. The SMILES string of the molecule is CC(C)COc1cc2c(=O)c3c4ccc(C#N)cc4[nH]c3n(C3CC3)c2cc1-c1cncc(OS(=O)(=O)F)c1. The second kappa shape index (κ2) is 9.10. The second-order valence-electron chi connectivity index (χ2n) is 10.1.